The molecule has 1 N–H and O–H groups in total. The van der Waals surface area contributed by atoms with Crippen LogP contribution in [0.2, 0.25) is 5.02 Å². The summed E-state index contributed by atoms with van der Waals surface area (Å²) >= 11 is 7.25. The Morgan fingerprint density at radius 3 is 2.62 bits per heavy atom. The Morgan fingerprint density at radius 1 is 1.44 bits per heavy atom. The molecule has 0 aliphatic rings. The fourth-order valence-electron chi connectivity index (χ4n) is 0.980. The van der Waals surface area contributed by atoms with Crippen LogP contribution in [0.1, 0.15) is 6.92 Å². The summed E-state index contributed by atoms with van der Waals surface area (Å²) in [6.45, 7) is 6.14. The molecule has 0 radical (unpaired) electrons. The Kier molecular flexibility index (Phi) is 5.43. The van der Waals surface area contributed by atoms with E-state index in [1.54, 1.807) is 0 Å². The first kappa shape index (κ1) is 13.1. The van der Waals surface area contributed by atoms with Crippen molar-refractivity contribution in [2.45, 2.75) is 11.8 Å². The normalized spacial score (nSPS) is 9.88. The average molecular weight is 256 g/mol. The smallest absolute Gasteiger partial charge is 0.230 e. The molecular formula is C12H14ClNOS. The molecule has 0 fully saturated rings. The van der Waals surface area contributed by atoms with E-state index in [0.29, 0.717) is 17.3 Å². The van der Waals surface area contributed by atoms with E-state index in [2.05, 4.69) is 11.9 Å². The van der Waals surface area contributed by atoms with Gasteiger partial charge in [-0.15, -0.1) is 11.8 Å². The van der Waals surface area contributed by atoms with Crippen LogP contribution in [0.3, 0.4) is 0 Å². The van der Waals surface area contributed by atoms with Crippen molar-refractivity contribution in [1.82, 2.24) is 5.32 Å². The number of rotatable bonds is 5. The van der Waals surface area contributed by atoms with E-state index in [4.69, 9.17) is 11.6 Å². The Morgan fingerprint density at radius 2 is 2.06 bits per heavy atom. The van der Waals surface area contributed by atoms with Gasteiger partial charge in [-0.3, -0.25) is 4.79 Å². The highest BCUT2D eigenvalue weighted by Gasteiger charge is 2.02. The highest BCUT2D eigenvalue weighted by molar-refractivity contribution is 8.00. The van der Waals surface area contributed by atoms with Crippen molar-refractivity contribution in [1.29, 1.82) is 0 Å². The lowest BCUT2D eigenvalue weighted by Gasteiger charge is -2.04. The Balaban J connectivity index is 2.31. The molecule has 2 nitrogen and oxygen atoms in total. The molecule has 0 unspecified atom stereocenters. The third kappa shape index (κ3) is 5.24. The van der Waals surface area contributed by atoms with E-state index >= 15 is 0 Å². The van der Waals surface area contributed by atoms with Gasteiger partial charge in [-0.05, 0) is 31.2 Å². The van der Waals surface area contributed by atoms with Crippen LogP contribution in [-0.4, -0.2) is 18.2 Å². The maximum atomic E-state index is 11.4. The van der Waals surface area contributed by atoms with Crippen LogP contribution in [0.4, 0.5) is 0 Å². The fourth-order valence-corrected chi connectivity index (χ4v) is 1.83. The molecule has 1 amide bonds. The number of nitrogens with one attached hydrogen (secondary N) is 1. The highest BCUT2D eigenvalue weighted by atomic mass is 35.5. The van der Waals surface area contributed by atoms with E-state index < -0.39 is 0 Å². The third-order valence-corrected chi connectivity index (χ3v) is 3.03. The quantitative estimate of drug-likeness (QED) is 0.647. The van der Waals surface area contributed by atoms with Crippen LogP contribution < -0.4 is 5.32 Å². The van der Waals surface area contributed by atoms with Gasteiger partial charge in [0.15, 0.2) is 0 Å². The number of hydrogen-bond donors (Lipinski definition) is 1. The number of amides is 1. The second-order valence-electron chi connectivity index (χ2n) is 3.48. The minimum absolute atomic E-state index is 0.0166. The maximum Gasteiger partial charge on any atom is 0.230 e. The zero-order valence-corrected chi connectivity index (χ0v) is 10.7. The Hall–Kier alpha value is -0.930. The topological polar surface area (TPSA) is 29.1 Å². The van der Waals surface area contributed by atoms with E-state index in [1.165, 1.54) is 11.8 Å². The predicted octanol–water partition coefficient (Wildman–Crippen LogP) is 3.12. The lowest BCUT2D eigenvalue weighted by molar-refractivity contribution is -0.118. The Bertz CT molecular complexity index is 375. The SMILES string of the molecule is C=C(C)CNC(=O)CSc1ccc(Cl)cc1. The monoisotopic (exact) mass is 255 g/mol. The molecule has 0 bridgehead atoms. The maximum absolute atomic E-state index is 11.4. The predicted molar refractivity (Wildman–Crippen MR) is 70.0 cm³/mol. The van der Waals surface area contributed by atoms with Gasteiger partial charge < -0.3 is 5.32 Å². The van der Waals surface area contributed by atoms with Crippen LogP contribution in [0.25, 0.3) is 0 Å². The summed E-state index contributed by atoms with van der Waals surface area (Å²) in [5, 5.41) is 3.48. The van der Waals surface area contributed by atoms with Crippen LogP contribution in [0.15, 0.2) is 41.3 Å². The van der Waals surface area contributed by atoms with Gasteiger partial charge in [0.25, 0.3) is 0 Å². The zero-order chi connectivity index (χ0) is 12.0. The van der Waals surface area contributed by atoms with Crippen molar-refractivity contribution >= 4 is 29.3 Å². The van der Waals surface area contributed by atoms with Crippen molar-refractivity contribution in [3.05, 3.63) is 41.4 Å². The highest BCUT2D eigenvalue weighted by Crippen LogP contribution is 2.19. The van der Waals surface area contributed by atoms with Gasteiger partial charge in [0.2, 0.25) is 5.91 Å². The summed E-state index contributed by atoms with van der Waals surface area (Å²) in [5.74, 6) is 0.428. The molecule has 4 heteroatoms. The molecule has 1 rings (SSSR count). The van der Waals surface area contributed by atoms with Crippen LogP contribution in [-0.2, 0) is 4.79 Å². The van der Waals surface area contributed by atoms with Gasteiger partial charge in [0.1, 0.15) is 0 Å². The molecule has 0 saturated carbocycles. The second kappa shape index (κ2) is 6.61. The molecule has 0 aromatic heterocycles. The molecule has 0 heterocycles. The molecule has 16 heavy (non-hydrogen) atoms. The van der Waals surface area contributed by atoms with Crippen LogP contribution in [0.5, 0.6) is 0 Å². The van der Waals surface area contributed by atoms with E-state index in [0.717, 1.165) is 10.5 Å². The van der Waals surface area contributed by atoms with Crippen molar-refractivity contribution in [3.63, 3.8) is 0 Å². The lowest BCUT2D eigenvalue weighted by Crippen LogP contribution is -2.26. The minimum Gasteiger partial charge on any atom is -0.352 e. The number of halogens is 1. The van der Waals surface area contributed by atoms with Crippen molar-refractivity contribution in [2.24, 2.45) is 0 Å². The summed E-state index contributed by atoms with van der Waals surface area (Å²) in [4.78, 5) is 12.4. The van der Waals surface area contributed by atoms with E-state index in [-0.39, 0.29) is 5.91 Å². The largest absolute Gasteiger partial charge is 0.352 e. The van der Waals surface area contributed by atoms with E-state index in [1.807, 2.05) is 31.2 Å². The molecular weight excluding hydrogens is 242 g/mol. The van der Waals surface area contributed by atoms with Gasteiger partial charge in [0.05, 0.1) is 5.75 Å². The van der Waals surface area contributed by atoms with Gasteiger partial charge in [-0.1, -0.05) is 23.8 Å². The summed E-state index contributed by atoms with van der Waals surface area (Å²) in [6.07, 6.45) is 0. The van der Waals surface area contributed by atoms with Crippen molar-refractivity contribution in [2.75, 3.05) is 12.3 Å². The molecule has 0 aliphatic heterocycles. The van der Waals surface area contributed by atoms with Crippen molar-refractivity contribution < 1.29 is 4.79 Å². The van der Waals surface area contributed by atoms with Gasteiger partial charge in [0, 0.05) is 16.5 Å². The van der Waals surface area contributed by atoms with Gasteiger partial charge in [-0.25, -0.2) is 0 Å². The molecule has 1 aromatic rings. The minimum atomic E-state index is 0.0166. The third-order valence-electron chi connectivity index (χ3n) is 1.77. The number of carbonyl (C=O) groups is 1. The molecule has 0 spiro atoms. The number of hydrogen-bond acceptors (Lipinski definition) is 2. The fraction of sp³-hybridized carbons (Fsp3) is 0.250. The zero-order valence-electron chi connectivity index (χ0n) is 9.13. The van der Waals surface area contributed by atoms with Gasteiger partial charge in [-0.2, -0.15) is 0 Å². The lowest BCUT2D eigenvalue weighted by atomic mass is 10.3. The molecule has 0 atom stereocenters. The summed E-state index contributed by atoms with van der Waals surface area (Å²) in [7, 11) is 0. The second-order valence-corrected chi connectivity index (χ2v) is 4.96. The van der Waals surface area contributed by atoms with Crippen LogP contribution >= 0.6 is 23.4 Å². The Labute approximate surface area is 105 Å². The standard InChI is InChI=1S/C12H14ClNOS/c1-9(2)7-14-12(15)8-16-11-5-3-10(13)4-6-11/h3-6H,1,7-8H2,2H3,(H,14,15). The first-order valence-electron chi connectivity index (χ1n) is 4.87. The van der Waals surface area contributed by atoms with E-state index in [9.17, 15) is 4.79 Å². The molecule has 86 valence electrons. The summed E-state index contributed by atoms with van der Waals surface area (Å²) in [5.41, 5.74) is 0.949. The molecule has 0 saturated heterocycles. The van der Waals surface area contributed by atoms with Crippen molar-refractivity contribution in [3.8, 4) is 0 Å². The number of benzene rings is 1. The summed E-state index contributed by atoms with van der Waals surface area (Å²) < 4.78 is 0. The first-order chi connectivity index (χ1) is 7.58. The van der Waals surface area contributed by atoms with Crippen LogP contribution in [0, 0.1) is 0 Å². The summed E-state index contributed by atoms with van der Waals surface area (Å²) in [6, 6.07) is 7.43. The molecule has 0 aliphatic carbocycles. The number of carbonyl (C=O) groups excluding carboxylic acids is 1. The van der Waals surface area contributed by atoms with Gasteiger partial charge >= 0.3 is 0 Å². The first-order valence-corrected chi connectivity index (χ1v) is 6.24. The molecule has 1 aromatic carbocycles. The number of thioether (sulfide) groups is 1. The average Bonchev–Trinajstić information content (AvgIpc) is 2.25.